The van der Waals surface area contributed by atoms with Crippen LogP contribution in [-0.2, 0) is 29.0 Å². The van der Waals surface area contributed by atoms with Crippen LogP contribution in [0.5, 0.6) is 0 Å². The van der Waals surface area contributed by atoms with E-state index in [9.17, 15) is 18.4 Å². The number of fused-ring (bicyclic) bond motifs is 1. The molecule has 4 rings (SSSR count). The highest BCUT2D eigenvalue weighted by atomic mass is 19.3. The van der Waals surface area contributed by atoms with E-state index in [1.165, 1.54) is 17.2 Å². The molecule has 2 amide bonds. The van der Waals surface area contributed by atoms with Crippen molar-refractivity contribution < 1.29 is 23.1 Å². The van der Waals surface area contributed by atoms with Crippen LogP contribution < -0.4 is 4.90 Å². The summed E-state index contributed by atoms with van der Waals surface area (Å²) < 4.78 is 33.0. The molecule has 8 nitrogen and oxygen atoms in total. The van der Waals surface area contributed by atoms with Crippen LogP contribution in [0, 0.1) is 0 Å². The highest BCUT2D eigenvalue weighted by molar-refractivity contribution is 5.91. The lowest BCUT2D eigenvalue weighted by atomic mass is 10.1. The molecule has 10 heteroatoms. The van der Waals surface area contributed by atoms with Crippen LogP contribution in [0.4, 0.5) is 19.3 Å². The first-order valence-corrected chi connectivity index (χ1v) is 9.72. The van der Waals surface area contributed by atoms with Gasteiger partial charge in [0, 0.05) is 12.2 Å². The first-order valence-electron chi connectivity index (χ1n) is 9.72. The maximum Gasteiger partial charge on any atom is 0.415 e. The Kier molecular flexibility index (Phi) is 4.95. The number of cyclic esters (lactones) is 1. The number of pyridine rings is 1. The van der Waals surface area contributed by atoms with Gasteiger partial charge in [-0.15, -0.1) is 0 Å². The second-order valence-electron chi connectivity index (χ2n) is 8.31. The molecular formula is C20H23F2N5O3. The van der Waals surface area contributed by atoms with Gasteiger partial charge in [-0.3, -0.25) is 19.4 Å². The summed E-state index contributed by atoms with van der Waals surface area (Å²) in [5.41, 5.74) is 0.912. The number of carbonyl (C=O) groups is 2. The molecule has 2 aromatic heterocycles. The van der Waals surface area contributed by atoms with Crippen LogP contribution >= 0.6 is 0 Å². The number of rotatable bonds is 4. The van der Waals surface area contributed by atoms with Crippen LogP contribution in [0.15, 0.2) is 24.5 Å². The predicted molar refractivity (Wildman–Crippen MR) is 103 cm³/mol. The zero-order valence-corrected chi connectivity index (χ0v) is 17.0. The molecule has 0 saturated carbocycles. The standard InChI is InChI=1S/C20H23F2N5O3/c1-12-9-27-16(15(8-24-27)26-11-20(2,3)30-19(26)29)10-25(12)17(28)7-13-4-5-23-14(6-13)18(21)22/h4-6,8,12,18H,7,9-11H2,1-3H3/t12-/m0/s1. The highest BCUT2D eigenvalue weighted by Gasteiger charge is 2.41. The van der Waals surface area contributed by atoms with Gasteiger partial charge in [0.1, 0.15) is 11.3 Å². The van der Waals surface area contributed by atoms with Crippen molar-refractivity contribution in [3.05, 3.63) is 41.5 Å². The maximum atomic E-state index is 13.0. The Hall–Kier alpha value is -3.04. The normalized spacial score (nSPS) is 20.5. The molecule has 2 aliphatic rings. The Morgan fingerprint density at radius 2 is 2.17 bits per heavy atom. The number of halogens is 2. The third-order valence-electron chi connectivity index (χ3n) is 5.37. The zero-order valence-electron chi connectivity index (χ0n) is 17.0. The third kappa shape index (κ3) is 3.73. The summed E-state index contributed by atoms with van der Waals surface area (Å²) in [7, 11) is 0. The fourth-order valence-corrected chi connectivity index (χ4v) is 3.90. The Bertz CT molecular complexity index is 991. The molecule has 160 valence electrons. The summed E-state index contributed by atoms with van der Waals surface area (Å²) in [6.07, 6.45) is -0.220. The molecule has 1 fully saturated rings. The van der Waals surface area contributed by atoms with Crippen LogP contribution in [0.1, 0.15) is 44.1 Å². The van der Waals surface area contributed by atoms with E-state index in [2.05, 4.69) is 10.1 Å². The molecule has 2 aliphatic heterocycles. The lowest BCUT2D eigenvalue weighted by Crippen LogP contribution is -2.46. The molecule has 0 N–H and O–H groups in total. The van der Waals surface area contributed by atoms with E-state index in [1.807, 2.05) is 20.8 Å². The number of alkyl halides is 2. The first kappa shape index (κ1) is 20.2. The van der Waals surface area contributed by atoms with Gasteiger partial charge in [-0.25, -0.2) is 13.6 Å². The van der Waals surface area contributed by atoms with Crippen molar-refractivity contribution in [3.63, 3.8) is 0 Å². The van der Waals surface area contributed by atoms with Crippen molar-refractivity contribution in [1.29, 1.82) is 0 Å². The lowest BCUT2D eigenvalue weighted by Gasteiger charge is -2.35. The molecule has 1 saturated heterocycles. The van der Waals surface area contributed by atoms with Gasteiger partial charge in [-0.2, -0.15) is 5.10 Å². The molecule has 4 heterocycles. The van der Waals surface area contributed by atoms with Crippen molar-refractivity contribution in [2.75, 3.05) is 11.4 Å². The fraction of sp³-hybridized carbons (Fsp3) is 0.500. The molecule has 0 aliphatic carbocycles. The molecular weight excluding hydrogens is 396 g/mol. The largest absolute Gasteiger partial charge is 0.441 e. The van der Waals surface area contributed by atoms with Gasteiger partial charge in [0.25, 0.3) is 6.43 Å². The Morgan fingerprint density at radius 1 is 1.40 bits per heavy atom. The fourth-order valence-electron chi connectivity index (χ4n) is 3.90. The van der Waals surface area contributed by atoms with Crippen LogP contribution in [0.25, 0.3) is 0 Å². The molecule has 2 aromatic rings. The molecule has 1 atom stereocenters. The van der Waals surface area contributed by atoms with Crippen molar-refractivity contribution >= 4 is 17.7 Å². The minimum atomic E-state index is -2.68. The minimum Gasteiger partial charge on any atom is -0.441 e. The quantitative estimate of drug-likeness (QED) is 0.761. The number of nitrogens with zero attached hydrogens (tertiary/aromatic N) is 5. The summed E-state index contributed by atoms with van der Waals surface area (Å²) in [6.45, 7) is 6.72. The summed E-state index contributed by atoms with van der Waals surface area (Å²) in [6, 6.07) is 2.70. The summed E-state index contributed by atoms with van der Waals surface area (Å²) in [5, 5.41) is 4.38. The van der Waals surface area contributed by atoms with Crippen LogP contribution in [-0.4, -0.2) is 49.9 Å². The average Bonchev–Trinajstić information content (AvgIpc) is 3.19. The zero-order chi connectivity index (χ0) is 21.6. The Morgan fingerprint density at radius 3 is 2.83 bits per heavy atom. The van der Waals surface area contributed by atoms with Crippen LogP contribution in [0.2, 0.25) is 0 Å². The maximum absolute atomic E-state index is 13.0. The average molecular weight is 419 g/mol. The van der Waals surface area contributed by atoms with Gasteiger partial charge < -0.3 is 9.64 Å². The topological polar surface area (TPSA) is 80.6 Å². The molecule has 30 heavy (non-hydrogen) atoms. The van der Waals surface area contributed by atoms with Gasteiger partial charge in [-0.1, -0.05) is 0 Å². The number of amides is 2. The van der Waals surface area contributed by atoms with Gasteiger partial charge >= 0.3 is 6.09 Å². The number of ether oxygens (including phenoxy) is 1. The number of anilines is 1. The van der Waals surface area contributed by atoms with E-state index in [1.54, 1.807) is 21.8 Å². The van der Waals surface area contributed by atoms with Gasteiger partial charge in [0.05, 0.1) is 43.6 Å². The molecule has 0 radical (unpaired) electrons. The second-order valence-corrected chi connectivity index (χ2v) is 8.31. The van der Waals surface area contributed by atoms with E-state index in [0.29, 0.717) is 24.3 Å². The molecule has 0 unspecified atom stereocenters. The van der Waals surface area contributed by atoms with Crippen molar-refractivity contribution in [2.24, 2.45) is 0 Å². The summed E-state index contributed by atoms with van der Waals surface area (Å²) in [4.78, 5) is 32.1. The highest BCUT2D eigenvalue weighted by Crippen LogP contribution is 2.33. The third-order valence-corrected chi connectivity index (χ3v) is 5.37. The van der Waals surface area contributed by atoms with Gasteiger partial charge in [0.15, 0.2) is 0 Å². The van der Waals surface area contributed by atoms with Crippen LogP contribution in [0.3, 0.4) is 0 Å². The van der Waals surface area contributed by atoms with E-state index in [4.69, 9.17) is 4.74 Å². The number of aromatic nitrogens is 3. The Balaban J connectivity index is 1.54. The second kappa shape index (κ2) is 7.33. The molecule has 0 aromatic carbocycles. The van der Waals surface area contributed by atoms with Crippen molar-refractivity contribution in [1.82, 2.24) is 19.7 Å². The van der Waals surface area contributed by atoms with E-state index >= 15 is 0 Å². The number of carbonyl (C=O) groups excluding carboxylic acids is 2. The SMILES string of the molecule is C[C@H]1Cn2ncc(N3CC(C)(C)OC3=O)c2CN1C(=O)Cc1ccnc(C(F)F)c1. The predicted octanol–water partition coefficient (Wildman–Crippen LogP) is 2.92. The lowest BCUT2D eigenvalue weighted by molar-refractivity contribution is -0.134. The summed E-state index contributed by atoms with van der Waals surface area (Å²) >= 11 is 0. The smallest absolute Gasteiger partial charge is 0.415 e. The van der Waals surface area contributed by atoms with Gasteiger partial charge in [-0.05, 0) is 38.5 Å². The van der Waals surface area contributed by atoms with E-state index in [0.717, 1.165) is 5.69 Å². The van der Waals surface area contributed by atoms with Crippen molar-refractivity contribution in [3.8, 4) is 0 Å². The molecule has 0 spiro atoms. The minimum absolute atomic E-state index is 0.00512. The first-order chi connectivity index (χ1) is 14.1. The summed E-state index contributed by atoms with van der Waals surface area (Å²) in [5.74, 6) is -0.184. The number of hydrogen-bond acceptors (Lipinski definition) is 5. The Labute approximate surface area is 172 Å². The van der Waals surface area contributed by atoms with Crippen molar-refractivity contribution in [2.45, 2.75) is 58.3 Å². The van der Waals surface area contributed by atoms with E-state index in [-0.39, 0.29) is 30.6 Å². The number of hydrogen-bond donors (Lipinski definition) is 0. The van der Waals surface area contributed by atoms with Gasteiger partial charge in [0.2, 0.25) is 5.91 Å². The monoisotopic (exact) mass is 419 g/mol. The van der Waals surface area contributed by atoms with E-state index < -0.39 is 18.1 Å². The molecule has 0 bridgehead atoms.